The number of hydrogen-bond donors (Lipinski definition) is 0. The average Bonchev–Trinajstić information content (AvgIpc) is 3.22. The van der Waals surface area contributed by atoms with E-state index >= 15 is 0 Å². The minimum absolute atomic E-state index is 0.000452. The number of ether oxygens (including phenoxy) is 2. The summed E-state index contributed by atoms with van der Waals surface area (Å²) in [5.74, 6) is 1.51. The summed E-state index contributed by atoms with van der Waals surface area (Å²) < 4.78 is 13.8. The third kappa shape index (κ3) is 4.11. The Morgan fingerprint density at radius 2 is 2.18 bits per heavy atom. The molecule has 28 heavy (non-hydrogen) atoms. The second-order valence-corrected chi connectivity index (χ2v) is 8.52. The molecular weight excluding hydrogens is 440 g/mol. The maximum atomic E-state index is 13.1. The summed E-state index contributed by atoms with van der Waals surface area (Å²) in [4.78, 5) is 17.9. The van der Waals surface area contributed by atoms with E-state index in [1.807, 2.05) is 42.5 Å². The Balaban J connectivity index is 1.66. The molecule has 0 N–H and O–H groups in total. The van der Waals surface area contributed by atoms with E-state index in [1.165, 1.54) is 0 Å². The first-order chi connectivity index (χ1) is 13.7. The van der Waals surface area contributed by atoms with Crippen molar-refractivity contribution in [3.63, 3.8) is 0 Å². The van der Waals surface area contributed by atoms with E-state index in [-0.39, 0.29) is 11.7 Å². The number of halogens is 1. The zero-order chi connectivity index (χ0) is 19.5. The van der Waals surface area contributed by atoms with Crippen molar-refractivity contribution >= 4 is 38.6 Å². The van der Waals surface area contributed by atoms with Gasteiger partial charge < -0.3 is 9.47 Å². The summed E-state index contributed by atoms with van der Waals surface area (Å²) in [5, 5.41) is 1.38. The maximum Gasteiger partial charge on any atom is 0.262 e. The van der Waals surface area contributed by atoms with Crippen molar-refractivity contribution in [2.24, 2.45) is 0 Å². The normalized spacial score (nSPS) is 16.6. The number of methoxy groups -OCH3 is 1. The molecule has 1 aliphatic heterocycles. The minimum atomic E-state index is -0.000452. The molecule has 1 aliphatic rings. The molecule has 7 heteroatoms. The lowest BCUT2D eigenvalue weighted by Crippen LogP contribution is -2.28. The fourth-order valence-corrected chi connectivity index (χ4v) is 4.90. The fourth-order valence-electron chi connectivity index (χ4n) is 3.36. The third-order valence-electron chi connectivity index (χ3n) is 4.82. The molecule has 0 aliphatic carbocycles. The van der Waals surface area contributed by atoms with E-state index in [0.29, 0.717) is 17.7 Å². The third-order valence-corrected chi connectivity index (χ3v) is 6.49. The Bertz CT molecular complexity index is 1050. The van der Waals surface area contributed by atoms with Crippen LogP contribution in [0.3, 0.4) is 0 Å². The minimum Gasteiger partial charge on any atom is -0.496 e. The summed E-state index contributed by atoms with van der Waals surface area (Å²) in [6, 6.07) is 13.5. The highest BCUT2D eigenvalue weighted by molar-refractivity contribution is 9.10. The van der Waals surface area contributed by atoms with E-state index in [0.717, 1.165) is 45.9 Å². The first-order valence-corrected chi connectivity index (χ1v) is 11.0. The lowest BCUT2D eigenvalue weighted by molar-refractivity contribution is 0.0937. The highest BCUT2D eigenvalue weighted by Gasteiger charge is 2.20. The predicted molar refractivity (Wildman–Crippen MR) is 115 cm³/mol. The Morgan fingerprint density at radius 3 is 2.93 bits per heavy atom. The molecule has 0 radical (unpaired) electrons. The van der Waals surface area contributed by atoms with E-state index in [2.05, 4.69) is 15.9 Å². The number of rotatable bonds is 6. The molecule has 2 aromatic carbocycles. The second-order valence-electron chi connectivity index (χ2n) is 6.72. The zero-order valence-electron chi connectivity index (χ0n) is 15.6. The van der Waals surface area contributed by atoms with Crippen LogP contribution in [-0.4, -0.2) is 29.4 Å². The number of aromatic nitrogens is 2. The Hall–Kier alpha value is -1.83. The highest BCUT2D eigenvalue weighted by Crippen LogP contribution is 2.29. The summed E-state index contributed by atoms with van der Waals surface area (Å²) >= 11 is 5.10. The molecule has 0 amide bonds. The van der Waals surface area contributed by atoms with Gasteiger partial charge in [0.15, 0.2) is 5.16 Å². The van der Waals surface area contributed by atoms with Crippen molar-refractivity contribution in [3.8, 4) is 5.75 Å². The molecule has 5 nitrogen and oxygen atoms in total. The summed E-state index contributed by atoms with van der Waals surface area (Å²) in [7, 11) is 1.65. The van der Waals surface area contributed by atoms with Crippen LogP contribution in [0.25, 0.3) is 10.9 Å². The van der Waals surface area contributed by atoms with Crippen molar-refractivity contribution in [1.82, 2.24) is 9.55 Å². The van der Waals surface area contributed by atoms with Gasteiger partial charge in [0.2, 0.25) is 0 Å². The van der Waals surface area contributed by atoms with Crippen molar-refractivity contribution in [1.29, 1.82) is 0 Å². The van der Waals surface area contributed by atoms with Gasteiger partial charge in [-0.25, -0.2) is 4.98 Å². The monoisotopic (exact) mass is 460 g/mol. The van der Waals surface area contributed by atoms with E-state index < -0.39 is 0 Å². The van der Waals surface area contributed by atoms with Gasteiger partial charge in [-0.2, -0.15) is 0 Å². The maximum absolute atomic E-state index is 13.1. The van der Waals surface area contributed by atoms with E-state index in [1.54, 1.807) is 23.4 Å². The molecule has 1 atom stereocenters. The number of benzene rings is 2. The zero-order valence-corrected chi connectivity index (χ0v) is 18.0. The van der Waals surface area contributed by atoms with Crippen LogP contribution in [0, 0.1) is 0 Å². The van der Waals surface area contributed by atoms with Gasteiger partial charge in [-0.05, 0) is 58.6 Å². The van der Waals surface area contributed by atoms with Crippen molar-refractivity contribution in [3.05, 3.63) is 62.9 Å². The average molecular weight is 461 g/mol. The van der Waals surface area contributed by atoms with Gasteiger partial charge in [0.05, 0.1) is 35.1 Å². The number of para-hydroxylation sites is 1. The predicted octanol–water partition coefficient (Wildman–Crippen LogP) is 4.64. The molecule has 1 unspecified atom stereocenters. The number of thioether (sulfide) groups is 1. The molecular formula is C21H21BrN2O3S. The largest absolute Gasteiger partial charge is 0.496 e. The molecule has 1 fully saturated rings. The smallest absolute Gasteiger partial charge is 0.262 e. The van der Waals surface area contributed by atoms with Gasteiger partial charge in [0, 0.05) is 12.4 Å². The number of nitrogens with zero attached hydrogens (tertiary/aromatic N) is 2. The highest BCUT2D eigenvalue weighted by atomic mass is 79.9. The molecule has 0 saturated carbocycles. The second kappa shape index (κ2) is 8.68. The molecule has 0 spiro atoms. The fraction of sp³-hybridized carbons (Fsp3) is 0.333. The Morgan fingerprint density at radius 1 is 1.32 bits per heavy atom. The van der Waals surface area contributed by atoms with Gasteiger partial charge in [0.1, 0.15) is 5.75 Å². The van der Waals surface area contributed by atoms with Gasteiger partial charge in [-0.15, -0.1) is 0 Å². The van der Waals surface area contributed by atoms with Crippen LogP contribution in [0.5, 0.6) is 5.75 Å². The topological polar surface area (TPSA) is 53.3 Å². The van der Waals surface area contributed by atoms with Gasteiger partial charge >= 0.3 is 0 Å². The van der Waals surface area contributed by atoms with E-state index in [4.69, 9.17) is 14.5 Å². The first kappa shape index (κ1) is 19.5. The van der Waals surface area contributed by atoms with Crippen LogP contribution in [-0.2, 0) is 17.0 Å². The Labute approximate surface area is 176 Å². The first-order valence-electron chi connectivity index (χ1n) is 9.22. The molecule has 2 heterocycles. The quantitative estimate of drug-likeness (QED) is 0.396. The van der Waals surface area contributed by atoms with Crippen molar-refractivity contribution in [2.45, 2.75) is 36.4 Å². The van der Waals surface area contributed by atoms with Crippen molar-refractivity contribution in [2.75, 3.05) is 13.7 Å². The molecule has 3 aromatic rings. The molecule has 4 rings (SSSR count). The molecule has 1 saturated heterocycles. The van der Waals surface area contributed by atoms with Crippen molar-refractivity contribution < 1.29 is 9.47 Å². The van der Waals surface area contributed by atoms with Crippen LogP contribution in [0.1, 0.15) is 18.4 Å². The lowest BCUT2D eigenvalue weighted by Gasteiger charge is -2.16. The Kier molecular flexibility index (Phi) is 6.04. The number of hydrogen-bond acceptors (Lipinski definition) is 5. The van der Waals surface area contributed by atoms with Gasteiger partial charge in [-0.1, -0.05) is 30.0 Å². The lowest BCUT2D eigenvalue weighted by atomic mass is 10.2. The van der Waals surface area contributed by atoms with Gasteiger partial charge in [0.25, 0.3) is 5.56 Å². The SMILES string of the molecule is COc1ccc(CSc2nc3ccccc3c(=O)n2CC2CCCO2)cc1Br. The molecule has 0 bridgehead atoms. The summed E-state index contributed by atoms with van der Waals surface area (Å²) in [5.41, 5.74) is 1.86. The van der Waals surface area contributed by atoms with Crippen LogP contribution in [0.15, 0.2) is 56.9 Å². The van der Waals surface area contributed by atoms with Gasteiger partial charge in [-0.3, -0.25) is 9.36 Å². The molecule has 146 valence electrons. The van der Waals surface area contributed by atoms with Crippen LogP contribution in [0.4, 0.5) is 0 Å². The standard InChI is InChI=1S/C21H21BrN2O3S/c1-26-19-9-8-14(11-17(19)22)13-28-21-23-18-7-3-2-6-16(18)20(25)24(21)12-15-5-4-10-27-15/h2-3,6-9,11,15H,4-5,10,12-13H2,1H3. The van der Waals surface area contributed by atoms with E-state index in [9.17, 15) is 4.79 Å². The van der Waals surface area contributed by atoms with Crippen LogP contribution < -0.4 is 10.3 Å². The summed E-state index contributed by atoms with van der Waals surface area (Å²) in [6.07, 6.45) is 2.10. The van der Waals surface area contributed by atoms with Crippen LogP contribution in [0.2, 0.25) is 0 Å². The number of fused-ring (bicyclic) bond motifs is 1. The summed E-state index contributed by atoms with van der Waals surface area (Å²) in [6.45, 7) is 1.31. The molecule has 1 aromatic heterocycles. The van der Waals surface area contributed by atoms with Crippen LogP contribution >= 0.6 is 27.7 Å².